The Hall–Kier alpha value is -1.84. The molecule has 0 bridgehead atoms. The molecule has 0 aromatic heterocycles. The number of unbranched alkanes of at least 4 members (excludes halogenated alkanes) is 2. The average Bonchev–Trinajstić information content (AvgIpc) is 2.40. The summed E-state index contributed by atoms with van der Waals surface area (Å²) in [4.78, 5) is 23.2. The summed E-state index contributed by atoms with van der Waals surface area (Å²) in [6, 6.07) is 4.54. The predicted octanol–water partition coefficient (Wildman–Crippen LogP) is 3.13. The van der Waals surface area contributed by atoms with E-state index < -0.39 is 12.0 Å². The zero-order chi connectivity index (χ0) is 15.1. The fourth-order valence-electron chi connectivity index (χ4n) is 2.13. The van der Waals surface area contributed by atoms with E-state index in [9.17, 15) is 14.7 Å². The number of hydrogen-bond acceptors (Lipinski definition) is 2. The predicted molar refractivity (Wildman–Crippen MR) is 78.6 cm³/mol. The fourth-order valence-corrected chi connectivity index (χ4v) is 2.13. The first-order valence-electron chi connectivity index (χ1n) is 7.05. The van der Waals surface area contributed by atoms with Crippen molar-refractivity contribution in [2.45, 2.75) is 52.5 Å². The van der Waals surface area contributed by atoms with Crippen molar-refractivity contribution < 1.29 is 14.7 Å². The Morgan fingerprint density at radius 2 is 1.95 bits per heavy atom. The Morgan fingerprint density at radius 1 is 1.25 bits per heavy atom. The number of benzene rings is 1. The van der Waals surface area contributed by atoms with Crippen molar-refractivity contribution in [2.75, 3.05) is 0 Å². The van der Waals surface area contributed by atoms with E-state index in [4.69, 9.17) is 0 Å². The van der Waals surface area contributed by atoms with E-state index in [2.05, 4.69) is 12.2 Å². The highest BCUT2D eigenvalue weighted by Crippen LogP contribution is 2.21. The smallest absolute Gasteiger partial charge is 0.330 e. The van der Waals surface area contributed by atoms with Crippen LogP contribution in [0, 0.1) is 13.8 Å². The van der Waals surface area contributed by atoms with Crippen molar-refractivity contribution in [2.24, 2.45) is 0 Å². The molecule has 0 radical (unpaired) electrons. The zero-order valence-electron chi connectivity index (χ0n) is 12.4. The molecule has 0 aliphatic heterocycles. The monoisotopic (exact) mass is 277 g/mol. The van der Waals surface area contributed by atoms with Gasteiger partial charge in [0.1, 0.15) is 0 Å². The van der Waals surface area contributed by atoms with Gasteiger partial charge >= 0.3 is 5.97 Å². The third-order valence-electron chi connectivity index (χ3n) is 3.52. The summed E-state index contributed by atoms with van der Waals surface area (Å²) < 4.78 is 0. The Morgan fingerprint density at radius 3 is 2.55 bits per heavy atom. The molecule has 0 heterocycles. The molecule has 1 atom stereocenters. The van der Waals surface area contributed by atoms with Gasteiger partial charge in [-0.3, -0.25) is 4.79 Å². The lowest BCUT2D eigenvalue weighted by Gasteiger charge is -2.18. The molecule has 0 spiro atoms. The van der Waals surface area contributed by atoms with E-state index in [0.29, 0.717) is 12.0 Å². The fraction of sp³-hybridized carbons (Fsp3) is 0.500. The second-order valence-corrected chi connectivity index (χ2v) is 5.09. The highest BCUT2D eigenvalue weighted by Gasteiger charge is 2.23. The molecule has 1 unspecified atom stereocenters. The lowest BCUT2D eigenvalue weighted by Crippen LogP contribution is -2.34. The van der Waals surface area contributed by atoms with Crippen LogP contribution in [-0.2, 0) is 9.59 Å². The van der Waals surface area contributed by atoms with Crippen LogP contribution >= 0.6 is 0 Å². The quantitative estimate of drug-likeness (QED) is 0.752. The Kier molecular flexibility index (Phi) is 6.22. The van der Waals surface area contributed by atoms with Crippen LogP contribution < -0.4 is 5.32 Å². The van der Waals surface area contributed by atoms with E-state index in [1.165, 1.54) is 0 Å². The Labute approximate surface area is 120 Å². The SMILES string of the molecule is CCCCCC(=O)NC(C(=O)O)c1cccc(C)c1C. The highest BCUT2D eigenvalue weighted by molar-refractivity contribution is 5.84. The van der Waals surface area contributed by atoms with Gasteiger partial charge < -0.3 is 10.4 Å². The summed E-state index contributed by atoms with van der Waals surface area (Å²) in [7, 11) is 0. The normalized spacial score (nSPS) is 11.9. The molecule has 0 saturated heterocycles. The van der Waals surface area contributed by atoms with Gasteiger partial charge in [0.05, 0.1) is 0 Å². The molecule has 1 aromatic rings. The van der Waals surface area contributed by atoms with E-state index in [-0.39, 0.29) is 5.91 Å². The van der Waals surface area contributed by atoms with Gasteiger partial charge in [-0.2, -0.15) is 0 Å². The molecule has 4 heteroatoms. The van der Waals surface area contributed by atoms with E-state index in [0.717, 1.165) is 30.4 Å². The third-order valence-corrected chi connectivity index (χ3v) is 3.52. The minimum atomic E-state index is -1.03. The molecule has 0 aliphatic carbocycles. The molecule has 1 amide bonds. The number of aryl methyl sites for hydroxylation is 1. The first-order chi connectivity index (χ1) is 9.47. The number of carboxylic acids is 1. The summed E-state index contributed by atoms with van der Waals surface area (Å²) in [5, 5.41) is 12.0. The van der Waals surface area contributed by atoms with Crippen LogP contribution in [0.5, 0.6) is 0 Å². The van der Waals surface area contributed by atoms with Crippen LogP contribution in [0.4, 0.5) is 0 Å². The van der Waals surface area contributed by atoms with Gasteiger partial charge in [0.25, 0.3) is 0 Å². The molecule has 0 saturated carbocycles. The van der Waals surface area contributed by atoms with Crippen molar-refractivity contribution in [3.8, 4) is 0 Å². The number of hydrogen-bond donors (Lipinski definition) is 2. The molecular weight excluding hydrogens is 254 g/mol. The lowest BCUT2D eigenvalue weighted by atomic mass is 9.97. The molecule has 110 valence electrons. The second kappa shape index (κ2) is 7.68. The molecule has 0 aliphatic rings. The average molecular weight is 277 g/mol. The van der Waals surface area contributed by atoms with Crippen molar-refractivity contribution in [3.63, 3.8) is 0 Å². The molecule has 2 N–H and O–H groups in total. The van der Waals surface area contributed by atoms with Gasteiger partial charge in [0.2, 0.25) is 5.91 Å². The van der Waals surface area contributed by atoms with Gasteiger partial charge in [-0.05, 0) is 37.0 Å². The number of nitrogens with one attached hydrogen (secondary N) is 1. The van der Waals surface area contributed by atoms with Crippen molar-refractivity contribution >= 4 is 11.9 Å². The van der Waals surface area contributed by atoms with Crippen molar-refractivity contribution in [1.29, 1.82) is 0 Å². The Bertz CT molecular complexity index is 483. The largest absolute Gasteiger partial charge is 0.479 e. The molecular formula is C16H23NO3. The lowest BCUT2D eigenvalue weighted by molar-refractivity contribution is -0.142. The maximum atomic E-state index is 11.8. The molecule has 1 aromatic carbocycles. The first kappa shape index (κ1) is 16.2. The van der Waals surface area contributed by atoms with Gasteiger partial charge in [-0.25, -0.2) is 4.79 Å². The molecule has 4 nitrogen and oxygen atoms in total. The highest BCUT2D eigenvalue weighted by atomic mass is 16.4. The minimum absolute atomic E-state index is 0.202. The standard InChI is InChI=1S/C16H23NO3/c1-4-5-6-10-14(18)17-15(16(19)20)13-9-7-8-11(2)12(13)3/h7-9,15H,4-6,10H2,1-3H3,(H,17,18)(H,19,20). The zero-order valence-corrected chi connectivity index (χ0v) is 12.4. The topological polar surface area (TPSA) is 66.4 Å². The van der Waals surface area contributed by atoms with Crippen LogP contribution in [0.15, 0.2) is 18.2 Å². The number of aliphatic carboxylic acids is 1. The summed E-state index contributed by atoms with van der Waals surface area (Å²) in [5.41, 5.74) is 2.59. The number of amides is 1. The minimum Gasteiger partial charge on any atom is -0.479 e. The van der Waals surface area contributed by atoms with E-state index in [1.54, 1.807) is 6.07 Å². The summed E-state index contributed by atoms with van der Waals surface area (Å²) in [6.45, 7) is 5.87. The van der Waals surface area contributed by atoms with Crippen LogP contribution in [0.25, 0.3) is 0 Å². The van der Waals surface area contributed by atoms with Gasteiger partial charge in [-0.1, -0.05) is 38.0 Å². The third kappa shape index (κ3) is 4.37. The summed E-state index contributed by atoms with van der Waals surface area (Å²) >= 11 is 0. The van der Waals surface area contributed by atoms with Crippen molar-refractivity contribution in [1.82, 2.24) is 5.32 Å². The van der Waals surface area contributed by atoms with Crippen LogP contribution in [-0.4, -0.2) is 17.0 Å². The van der Waals surface area contributed by atoms with Crippen LogP contribution in [0.1, 0.15) is 55.3 Å². The number of carbonyl (C=O) groups is 2. The van der Waals surface area contributed by atoms with Crippen molar-refractivity contribution in [3.05, 3.63) is 34.9 Å². The van der Waals surface area contributed by atoms with E-state index in [1.807, 2.05) is 26.0 Å². The number of carbonyl (C=O) groups excluding carboxylic acids is 1. The Balaban J connectivity index is 2.82. The van der Waals surface area contributed by atoms with E-state index >= 15 is 0 Å². The first-order valence-corrected chi connectivity index (χ1v) is 7.05. The molecule has 1 rings (SSSR count). The molecule has 0 fully saturated rings. The van der Waals surface area contributed by atoms with Gasteiger partial charge in [0.15, 0.2) is 6.04 Å². The second-order valence-electron chi connectivity index (χ2n) is 5.09. The summed E-state index contributed by atoms with van der Waals surface area (Å²) in [5.74, 6) is -1.23. The number of carboxylic acid groups (broad SMARTS) is 1. The van der Waals surface area contributed by atoms with Crippen LogP contribution in [0.3, 0.4) is 0 Å². The maximum absolute atomic E-state index is 11.8. The van der Waals surface area contributed by atoms with Gasteiger partial charge in [0, 0.05) is 6.42 Å². The maximum Gasteiger partial charge on any atom is 0.330 e. The summed E-state index contributed by atoms with van der Waals surface area (Å²) in [6.07, 6.45) is 3.19. The number of rotatable bonds is 7. The van der Waals surface area contributed by atoms with Crippen LogP contribution in [0.2, 0.25) is 0 Å². The van der Waals surface area contributed by atoms with Gasteiger partial charge in [-0.15, -0.1) is 0 Å². The molecule has 20 heavy (non-hydrogen) atoms.